The van der Waals surface area contributed by atoms with E-state index in [1.54, 1.807) is 37.3 Å². The third-order valence-corrected chi connectivity index (χ3v) is 3.63. The molecule has 0 bridgehead atoms. The quantitative estimate of drug-likeness (QED) is 0.776. The molecule has 1 heterocycles. The van der Waals surface area contributed by atoms with Crippen molar-refractivity contribution in [2.75, 3.05) is 12.4 Å². The van der Waals surface area contributed by atoms with Crippen molar-refractivity contribution in [2.24, 2.45) is 0 Å². The Morgan fingerprint density at radius 3 is 2.78 bits per heavy atom. The van der Waals surface area contributed by atoms with Crippen molar-refractivity contribution in [2.45, 2.75) is 13.0 Å². The van der Waals surface area contributed by atoms with Gasteiger partial charge >= 0.3 is 0 Å². The van der Waals surface area contributed by atoms with Gasteiger partial charge < -0.3 is 10.1 Å². The summed E-state index contributed by atoms with van der Waals surface area (Å²) in [5.74, 6) is 0.340. The maximum atomic E-state index is 14.1. The molecule has 0 aliphatic rings. The number of H-pyrrole nitrogens is 1. The van der Waals surface area contributed by atoms with Gasteiger partial charge in [-0.3, -0.25) is 9.78 Å². The van der Waals surface area contributed by atoms with E-state index in [4.69, 9.17) is 4.74 Å². The Balaban J connectivity index is 1.98. The van der Waals surface area contributed by atoms with E-state index in [0.717, 1.165) is 0 Å². The van der Waals surface area contributed by atoms with Crippen LogP contribution in [0.5, 0.6) is 5.75 Å². The van der Waals surface area contributed by atoms with Crippen molar-refractivity contribution in [3.8, 4) is 5.75 Å². The second-order valence-electron chi connectivity index (χ2n) is 5.15. The van der Waals surface area contributed by atoms with Crippen molar-refractivity contribution < 1.29 is 9.13 Å². The molecule has 6 heteroatoms. The number of fused-ring (bicyclic) bond motifs is 1. The number of hydrogen-bond acceptors (Lipinski definition) is 4. The Morgan fingerprint density at radius 2 is 2.00 bits per heavy atom. The van der Waals surface area contributed by atoms with Gasteiger partial charge in [-0.2, -0.15) is 0 Å². The smallest absolute Gasteiger partial charge is 0.260 e. The Hall–Kier alpha value is -2.89. The van der Waals surface area contributed by atoms with E-state index in [0.29, 0.717) is 22.2 Å². The standard InChI is InChI=1S/C17H16FN3O2/c1-10(15-12(18)7-5-9-14(15)23-2)19-17-20-13-8-4-3-6-11(13)16(22)21-17/h3-10H,1-2H3,(H2,19,20,21,22). The summed E-state index contributed by atoms with van der Waals surface area (Å²) in [4.78, 5) is 19.1. The molecule has 1 atom stereocenters. The zero-order chi connectivity index (χ0) is 16.4. The van der Waals surface area contributed by atoms with Gasteiger partial charge in [-0.05, 0) is 31.2 Å². The van der Waals surface area contributed by atoms with Crippen molar-refractivity contribution in [3.63, 3.8) is 0 Å². The van der Waals surface area contributed by atoms with Crippen molar-refractivity contribution in [3.05, 3.63) is 64.2 Å². The first-order chi connectivity index (χ1) is 11.1. The third-order valence-electron chi connectivity index (χ3n) is 3.63. The molecule has 3 rings (SSSR count). The van der Waals surface area contributed by atoms with Crippen LogP contribution < -0.4 is 15.6 Å². The molecule has 2 aromatic carbocycles. The minimum atomic E-state index is -0.435. The summed E-state index contributed by atoms with van der Waals surface area (Å²) in [6.45, 7) is 1.77. The first-order valence-corrected chi connectivity index (χ1v) is 7.18. The Bertz CT molecular complexity index is 908. The van der Waals surface area contributed by atoms with Crippen LogP contribution in [0, 0.1) is 5.82 Å². The van der Waals surface area contributed by atoms with Crippen LogP contribution >= 0.6 is 0 Å². The lowest BCUT2D eigenvalue weighted by Crippen LogP contribution is -2.16. The zero-order valence-corrected chi connectivity index (χ0v) is 12.8. The topological polar surface area (TPSA) is 67.0 Å². The van der Waals surface area contributed by atoms with Crippen LogP contribution in [0.4, 0.5) is 10.3 Å². The molecule has 0 fully saturated rings. The number of nitrogens with one attached hydrogen (secondary N) is 2. The fraction of sp³-hybridized carbons (Fsp3) is 0.176. The molecule has 0 saturated carbocycles. The van der Waals surface area contributed by atoms with E-state index in [9.17, 15) is 9.18 Å². The van der Waals surface area contributed by atoms with Gasteiger partial charge in [0.2, 0.25) is 5.95 Å². The highest BCUT2D eigenvalue weighted by molar-refractivity contribution is 5.78. The number of methoxy groups -OCH3 is 1. The molecule has 2 N–H and O–H groups in total. The number of aromatic nitrogens is 2. The number of aromatic amines is 1. The van der Waals surface area contributed by atoms with E-state index in [1.165, 1.54) is 13.2 Å². The van der Waals surface area contributed by atoms with E-state index in [-0.39, 0.29) is 17.3 Å². The van der Waals surface area contributed by atoms with Crippen LogP contribution in [0.2, 0.25) is 0 Å². The summed E-state index contributed by atoms with van der Waals surface area (Å²) >= 11 is 0. The van der Waals surface area contributed by atoms with Gasteiger partial charge in [0.15, 0.2) is 0 Å². The lowest BCUT2D eigenvalue weighted by molar-refractivity contribution is 0.402. The van der Waals surface area contributed by atoms with Gasteiger partial charge in [0, 0.05) is 0 Å². The molecule has 0 aliphatic carbocycles. The molecule has 5 nitrogen and oxygen atoms in total. The van der Waals surface area contributed by atoms with Gasteiger partial charge in [-0.25, -0.2) is 9.37 Å². The molecule has 118 valence electrons. The largest absolute Gasteiger partial charge is 0.496 e. The number of halogens is 1. The molecule has 0 aliphatic heterocycles. The van der Waals surface area contributed by atoms with Crippen LogP contribution in [-0.4, -0.2) is 17.1 Å². The monoisotopic (exact) mass is 313 g/mol. The average Bonchev–Trinajstić information content (AvgIpc) is 2.54. The predicted molar refractivity (Wildman–Crippen MR) is 87.4 cm³/mol. The van der Waals surface area contributed by atoms with E-state index >= 15 is 0 Å². The van der Waals surface area contributed by atoms with Crippen molar-refractivity contribution in [1.82, 2.24) is 9.97 Å². The number of benzene rings is 2. The first-order valence-electron chi connectivity index (χ1n) is 7.18. The molecule has 0 spiro atoms. The lowest BCUT2D eigenvalue weighted by Gasteiger charge is -2.18. The highest BCUT2D eigenvalue weighted by Gasteiger charge is 2.17. The van der Waals surface area contributed by atoms with Crippen LogP contribution in [0.1, 0.15) is 18.5 Å². The fourth-order valence-corrected chi connectivity index (χ4v) is 2.55. The molecule has 1 aromatic heterocycles. The summed E-state index contributed by atoms with van der Waals surface area (Å²) in [6.07, 6.45) is 0. The lowest BCUT2D eigenvalue weighted by atomic mass is 10.1. The third kappa shape index (κ3) is 2.88. The van der Waals surface area contributed by atoms with Crippen molar-refractivity contribution >= 4 is 16.9 Å². The molecular formula is C17H16FN3O2. The van der Waals surface area contributed by atoms with E-state index in [2.05, 4.69) is 15.3 Å². The normalized spacial score (nSPS) is 12.1. The van der Waals surface area contributed by atoms with Gasteiger partial charge in [0.1, 0.15) is 11.6 Å². The molecular weight excluding hydrogens is 297 g/mol. The molecule has 0 saturated heterocycles. The van der Waals surface area contributed by atoms with E-state index < -0.39 is 6.04 Å². The molecule has 0 amide bonds. The second-order valence-corrected chi connectivity index (χ2v) is 5.15. The highest BCUT2D eigenvalue weighted by atomic mass is 19.1. The minimum absolute atomic E-state index is 0.245. The average molecular weight is 313 g/mol. The van der Waals surface area contributed by atoms with Gasteiger partial charge in [-0.15, -0.1) is 0 Å². The summed E-state index contributed by atoms with van der Waals surface area (Å²) in [5, 5.41) is 3.53. The summed E-state index contributed by atoms with van der Waals surface area (Å²) in [5.41, 5.74) is 0.711. The van der Waals surface area contributed by atoms with Gasteiger partial charge in [0.25, 0.3) is 5.56 Å². The minimum Gasteiger partial charge on any atom is -0.496 e. The number of para-hydroxylation sites is 1. The maximum Gasteiger partial charge on any atom is 0.260 e. The SMILES string of the molecule is COc1cccc(F)c1C(C)Nc1nc2ccccc2c(=O)[nH]1. The van der Waals surface area contributed by atoms with Crippen molar-refractivity contribution in [1.29, 1.82) is 0 Å². The molecule has 1 unspecified atom stereocenters. The van der Waals surface area contributed by atoms with Crippen LogP contribution in [0.15, 0.2) is 47.3 Å². The summed E-state index contributed by atoms with van der Waals surface area (Å²) in [6, 6.07) is 11.2. The second kappa shape index (κ2) is 6.08. The van der Waals surface area contributed by atoms with E-state index in [1.807, 2.05) is 6.07 Å². The van der Waals surface area contributed by atoms with Gasteiger partial charge in [-0.1, -0.05) is 18.2 Å². The van der Waals surface area contributed by atoms with Gasteiger partial charge in [0.05, 0.1) is 29.6 Å². The molecule has 3 aromatic rings. The van der Waals surface area contributed by atoms with Crippen LogP contribution in [-0.2, 0) is 0 Å². The highest BCUT2D eigenvalue weighted by Crippen LogP contribution is 2.29. The first kappa shape index (κ1) is 15.0. The Labute approximate surface area is 132 Å². The van der Waals surface area contributed by atoms with Crippen LogP contribution in [0.25, 0.3) is 10.9 Å². The number of anilines is 1. The predicted octanol–water partition coefficient (Wildman–Crippen LogP) is 3.24. The number of nitrogens with zero attached hydrogens (tertiary/aromatic N) is 1. The maximum absolute atomic E-state index is 14.1. The number of hydrogen-bond donors (Lipinski definition) is 2. The molecule has 23 heavy (non-hydrogen) atoms. The van der Waals surface area contributed by atoms with Crippen LogP contribution in [0.3, 0.4) is 0 Å². The fourth-order valence-electron chi connectivity index (χ4n) is 2.55. The Morgan fingerprint density at radius 1 is 1.22 bits per heavy atom. The molecule has 0 radical (unpaired) electrons. The Kier molecular flexibility index (Phi) is 3.97. The zero-order valence-electron chi connectivity index (χ0n) is 12.8. The number of ether oxygens (including phenoxy) is 1. The summed E-state index contributed by atoms with van der Waals surface area (Å²) < 4.78 is 19.3. The summed E-state index contributed by atoms with van der Waals surface area (Å²) in [7, 11) is 1.49. The number of rotatable bonds is 4.